The minimum absolute atomic E-state index is 0.930. The van der Waals surface area contributed by atoms with Crippen LogP contribution in [0.5, 0.6) is 0 Å². The monoisotopic (exact) mass is 716 g/mol. The molecule has 9 rings (SSSR count). The summed E-state index contributed by atoms with van der Waals surface area (Å²) in [6.07, 6.45) is 13.3. The SMILES string of the molecule is C1=C=C(N(c2ccccc2)c2ccc(-c3ccccc3)cc2)C=CC=1c1cccc(-c2ccc(N(c3ccccc3)c3ccc(C4=CCCC=C4)cc3)cc2)c1. The van der Waals surface area contributed by atoms with E-state index < -0.39 is 0 Å². The first kappa shape index (κ1) is 34.4. The number of rotatable bonds is 10. The largest absolute Gasteiger partial charge is 0.311 e. The second-order valence-electron chi connectivity index (χ2n) is 14.0. The van der Waals surface area contributed by atoms with Crippen molar-refractivity contribution in [1.82, 2.24) is 0 Å². The van der Waals surface area contributed by atoms with Gasteiger partial charge in [0.05, 0.1) is 5.70 Å². The standard InChI is InChI=1S/C54H40N2/c1-5-14-41(15-6-1)43-24-32-51(33-25-43)55(49-20-9-3-10-21-49)53-36-28-45(29-37-53)47-18-13-19-48(40-47)46-30-38-54(39-31-46)56(50-22-11-4-12-23-50)52-34-26-44(27-35-52)42-16-7-2-8-17-42/h1,3-7,9-28,30-36,38-40H,2,8H2. The van der Waals surface area contributed by atoms with E-state index in [1.807, 2.05) is 12.1 Å². The van der Waals surface area contributed by atoms with Crippen molar-refractivity contribution in [1.29, 1.82) is 0 Å². The predicted molar refractivity (Wildman–Crippen MR) is 236 cm³/mol. The second kappa shape index (κ2) is 15.9. The van der Waals surface area contributed by atoms with Gasteiger partial charge in [0.15, 0.2) is 0 Å². The van der Waals surface area contributed by atoms with Gasteiger partial charge < -0.3 is 9.80 Å². The van der Waals surface area contributed by atoms with Crippen LogP contribution < -0.4 is 9.80 Å². The van der Waals surface area contributed by atoms with Gasteiger partial charge in [0.2, 0.25) is 0 Å². The van der Waals surface area contributed by atoms with Crippen molar-refractivity contribution in [3.8, 4) is 22.3 Å². The Kier molecular flexibility index (Phi) is 9.81. The molecule has 0 unspecified atom stereocenters. The molecule has 0 N–H and O–H groups in total. The highest BCUT2D eigenvalue weighted by Crippen LogP contribution is 2.38. The van der Waals surface area contributed by atoms with Crippen LogP contribution in [0, 0.1) is 0 Å². The second-order valence-corrected chi connectivity index (χ2v) is 14.0. The number of anilines is 5. The van der Waals surface area contributed by atoms with Crippen molar-refractivity contribution in [2.24, 2.45) is 0 Å². The summed E-state index contributed by atoms with van der Waals surface area (Å²) >= 11 is 0. The highest BCUT2D eigenvalue weighted by molar-refractivity contribution is 5.83. The van der Waals surface area contributed by atoms with Crippen LogP contribution >= 0.6 is 0 Å². The van der Waals surface area contributed by atoms with Gasteiger partial charge in [0, 0.05) is 34.0 Å². The topological polar surface area (TPSA) is 6.48 Å². The van der Waals surface area contributed by atoms with Gasteiger partial charge >= 0.3 is 0 Å². The average Bonchev–Trinajstić information content (AvgIpc) is 3.29. The number of nitrogens with zero attached hydrogens (tertiary/aromatic N) is 2. The highest BCUT2D eigenvalue weighted by atomic mass is 15.1. The van der Waals surface area contributed by atoms with E-state index in [1.54, 1.807) is 0 Å². The normalized spacial score (nSPS) is 13.1. The fraction of sp³-hybridized carbons (Fsp3) is 0.0370. The van der Waals surface area contributed by atoms with E-state index in [-0.39, 0.29) is 0 Å². The molecule has 0 spiro atoms. The molecule has 0 radical (unpaired) electrons. The van der Waals surface area contributed by atoms with E-state index in [0.29, 0.717) is 0 Å². The number of para-hydroxylation sites is 2. The van der Waals surface area contributed by atoms with Gasteiger partial charge in [0.25, 0.3) is 0 Å². The van der Waals surface area contributed by atoms with Crippen LogP contribution in [0.25, 0.3) is 33.4 Å². The Balaban J connectivity index is 1.00. The Morgan fingerprint density at radius 3 is 1.39 bits per heavy atom. The van der Waals surface area contributed by atoms with Gasteiger partial charge in [-0.25, -0.2) is 0 Å². The van der Waals surface area contributed by atoms with Crippen molar-refractivity contribution in [2.45, 2.75) is 12.8 Å². The zero-order valence-corrected chi connectivity index (χ0v) is 31.1. The molecule has 0 bridgehead atoms. The third-order valence-corrected chi connectivity index (χ3v) is 10.3. The molecule has 2 nitrogen and oxygen atoms in total. The van der Waals surface area contributed by atoms with E-state index in [1.165, 1.54) is 22.3 Å². The fourth-order valence-electron chi connectivity index (χ4n) is 7.44. The maximum atomic E-state index is 3.50. The molecule has 0 aromatic heterocycles. The zero-order chi connectivity index (χ0) is 37.5. The number of allylic oxidation sites excluding steroid dienone is 7. The quantitative estimate of drug-likeness (QED) is 0.130. The molecule has 2 aliphatic carbocycles. The van der Waals surface area contributed by atoms with E-state index in [0.717, 1.165) is 69.2 Å². The smallest absolute Gasteiger partial charge is 0.0973 e. The van der Waals surface area contributed by atoms with E-state index in [4.69, 9.17) is 0 Å². The van der Waals surface area contributed by atoms with Crippen LogP contribution in [0.15, 0.2) is 236 Å². The number of benzene rings is 7. The first-order valence-corrected chi connectivity index (χ1v) is 19.2. The van der Waals surface area contributed by atoms with Crippen molar-refractivity contribution in [2.75, 3.05) is 9.80 Å². The highest BCUT2D eigenvalue weighted by Gasteiger charge is 2.16. The lowest BCUT2D eigenvalue weighted by Gasteiger charge is -2.26. The summed E-state index contributed by atoms with van der Waals surface area (Å²) in [5.74, 6) is 0. The summed E-state index contributed by atoms with van der Waals surface area (Å²) in [6, 6.07) is 66.7. The lowest BCUT2D eigenvalue weighted by atomic mass is 9.97. The van der Waals surface area contributed by atoms with E-state index in [9.17, 15) is 0 Å². The van der Waals surface area contributed by atoms with Gasteiger partial charge in [-0.3, -0.25) is 0 Å². The summed E-state index contributed by atoms with van der Waals surface area (Å²) in [7, 11) is 0. The van der Waals surface area contributed by atoms with Crippen molar-refractivity contribution in [3.05, 3.63) is 247 Å². The molecule has 266 valence electrons. The molecule has 2 aliphatic rings. The van der Waals surface area contributed by atoms with E-state index in [2.05, 4.69) is 228 Å². The molecular weight excluding hydrogens is 677 g/mol. The predicted octanol–water partition coefficient (Wildman–Crippen LogP) is 14.7. The van der Waals surface area contributed by atoms with Crippen molar-refractivity contribution < 1.29 is 0 Å². The molecule has 2 heteroatoms. The van der Waals surface area contributed by atoms with Crippen LogP contribution in [-0.2, 0) is 0 Å². The van der Waals surface area contributed by atoms with Crippen LogP contribution in [0.2, 0.25) is 0 Å². The fourth-order valence-corrected chi connectivity index (χ4v) is 7.44. The molecule has 56 heavy (non-hydrogen) atoms. The third kappa shape index (κ3) is 7.40. The van der Waals surface area contributed by atoms with Crippen LogP contribution in [0.3, 0.4) is 0 Å². The van der Waals surface area contributed by atoms with Gasteiger partial charge in [-0.15, -0.1) is 0 Å². The first-order chi connectivity index (χ1) is 27.8. The maximum Gasteiger partial charge on any atom is 0.0973 e. The Hall–Kier alpha value is -7.34. The lowest BCUT2D eigenvalue weighted by Crippen LogP contribution is -2.14. The van der Waals surface area contributed by atoms with E-state index >= 15 is 0 Å². The van der Waals surface area contributed by atoms with Gasteiger partial charge in [-0.1, -0.05) is 145 Å². The lowest BCUT2D eigenvalue weighted by molar-refractivity contribution is 1.04. The van der Waals surface area contributed by atoms with Crippen molar-refractivity contribution in [3.63, 3.8) is 0 Å². The molecule has 0 amide bonds. The first-order valence-electron chi connectivity index (χ1n) is 19.2. The summed E-state index contributed by atoms with van der Waals surface area (Å²) in [5, 5.41) is 0. The maximum absolute atomic E-state index is 3.50. The molecular formula is C54H40N2. The number of hydrogen-bond acceptors (Lipinski definition) is 2. The molecule has 0 saturated heterocycles. The van der Waals surface area contributed by atoms with Crippen molar-refractivity contribution >= 4 is 39.6 Å². The molecule has 0 saturated carbocycles. The summed E-state index contributed by atoms with van der Waals surface area (Å²) in [5.41, 5.74) is 22.8. The summed E-state index contributed by atoms with van der Waals surface area (Å²) in [6.45, 7) is 0. The van der Waals surface area contributed by atoms with Gasteiger partial charge in [0.1, 0.15) is 0 Å². The van der Waals surface area contributed by atoms with Crippen LogP contribution in [0.4, 0.5) is 28.4 Å². The Labute approximate surface area is 330 Å². The minimum atomic E-state index is 0.930. The summed E-state index contributed by atoms with van der Waals surface area (Å²) < 4.78 is 0. The molecule has 7 aromatic rings. The average molecular weight is 717 g/mol. The molecule has 0 aliphatic heterocycles. The summed E-state index contributed by atoms with van der Waals surface area (Å²) in [4.78, 5) is 4.55. The Morgan fingerprint density at radius 2 is 0.821 bits per heavy atom. The Bertz CT molecular complexity index is 2650. The molecule has 0 atom stereocenters. The molecule has 0 fully saturated rings. The van der Waals surface area contributed by atoms with Crippen LogP contribution in [-0.4, -0.2) is 0 Å². The molecule has 0 heterocycles. The minimum Gasteiger partial charge on any atom is -0.311 e. The zero-order valence-electron chi connectivity index (χ0n) is 31.1. The van der Waals surface area contributed by atoms with Gasteiger partial charge in [-0.05, 0) is 136 Å². The molecule has 7 aromatic carbocycles. The number of hydrogen-bond donors (Lipinski definition) is 0. The third-order valence-electron chi connectivity index (χ3n) is 10.3. The Morgan fingerprint density at radius 1 is 0.339 bits per heavy atom. The van der Waals surface area contributed by atoms with Gasteiger partial charge in [-0.2, -0.15) is 0 Å². The van der Waals surface area contributed by atoms with Crippen LogP contribution in [0.1, 0.15) is 24.0 Å².